The molecule has 0 aromatic heterocycles. The Balaban J connectivity index is 2.30. The first-order valence-electron chi connectivity index (χ1n) is 4.91. The first-order chi connectivity index (χ1) is 8.15. The number of hydrogen-bond donors (Lipinski definition) is 0. The summed E-state index contributed by atoms with van der Waals surface area (Å²) in [5.41, 5.74) is 1.32. The van der Waals surface area contributed by atoms with Crippen molar-refractivity contribution in [3.63, 3.8) is 0 Å². The summed E-state index contributed by atoms with van der Waals surface area (Å²) in [7, 11) is 0. The molecule has 0 saturated carbocycles. The summed E-state index contributed by atoms with van der Waals surface area (Å²) in [6, 6.07) is 12.9. The standard InChI is InChI=1S/C13H8Cl2FN/c14-10-3-1-2-9(8-10)13(15)17-12-6-4-11(16)5-7-12/h1-8H. The fourth-order valence-corrected chi connectivity index (χ4v) is 1.72. The van der Waals surface area contributed by atoms with Crippen LogP contribution in [0.1, 0.15) is 5.56 Å². The smallest absolute Gasteiger partial charge is 0.136 e. The van der Waals surface area contributed by atoms with Gasteiger partial charge >= 0.3 is 0 Å². The summed E-state index contributed by atoms with van der Waals surface area (Å²) in [6.45, 7) is 0. The van der Waals surface area contributed by atoms with Gasteiger partial charge in [0.05, 0.1) is 5.69 Å². The predicted molar refractivity (Wildman–Crippen MR) is 69.9 cm³/mol. The van der Waals surface area contributed by atoms with Crippen molar-refractivity contribution in [2.75, 3.05) is 0 Å². The van der Waals surface area contributed by atoms with Crippen molar-refractivity contribution in [3.8, 4) is 0 Å². The minimum atomic E-state index is -0.303. The molecule has 17 heavy (non-hydrogen) atoms. The van der Waals surface area contributed by atoms with Crippen LogP contribution >= 0.6 is 23.2 Å². The van der Waals surface area contributed by atoms with Crippen molar-refractivity contribution in [2.24, 2.45) is 4.99 Å². The molecule has 1 nitrogen and oxygen atoms in total. The molecule has 2 aromatic carbocycles. The molecule has 2 rings (SSSR count). The van der Waals surface area contributed by atoms with Gasteiger partial charge in [0.25, 0.3) is 0 Å². The zero-order chi connectivity index (χ0) is 12.3. The Morgan fingerprint density at radius 3 is 2.41 bits per heavy atom. The maximum Gasteiger partial charge on any atom is 0.136 e. The van der Waals surface area contributed by atoms with Gasteiger partial charge in [0.2, 0.25) is 0 Å². The maximum absolute atomic E-state index is 12.7. The number of halogens is 3. The number of benzene rings is 2. The first-order valence-corrected chi connectivity index (χ1v) is 5.66. The van der Waals surface area contributed by atoms with Crippen LogP contribution in [0.3, 0.4) is 0 Å². The average molecular weight is 268 g/mol. The molecule has 0 bridgehead atoms. The number of hydrogen-bond acceptors (Lipinski definition) is 1. The molecular weight excluding hydrogens is 260 g/mol. The normalized spacial score (nSPS) is 11.6. The lowest BCUT2D eigenvalue weighted by molar-refractivity contribution is 0.628. The molecule has 0 aliphatic heterocycles. The van der Waals surface area contributed by atoms with Crippen LogP contribution in [0.25, 0.3) is 0 Å². The Labute approximate surface area is 109 Å². The Morgan fingerprint density at radius 1 is 1.06 bits per heavy atom. The van der Waals surface area contributed by atoms with Crippen molar-refractivity contribution < 1.29 is 4.39 Å². The van der Waals surface area contributed by atoms with Crippen LogP contribution in [-0.4, -0.2) is 5.17 Å². The summed E-state index contributed by atoms with van der Waals surface area (Å²) < 4.78 is 12.7. The minimum absolute atomic E-state index is 0.303. The van der Waals surface area contributed by atoms with Crippen LogP contribution in [0.4, 0.5) is 10.1 Å². The third kappa shape index (κ3) is 3.29. The van der Waals surface area contributed by atoms with E-state index >= 15 is 0 Å². The zero-order valence-corrected chi connectivity index (χ0v) is 10.2. The highest BCUT2D eigenvalue weighted by Gasteiger charge is 2.01. The van der Waals surface area contributed by atoms with Crippen molar-refractivity contribution in [2.45, 2.75) is 0 Å². The van der Waals surface area contributed by atoms with Gasteiger partial charge in [0.15, 0.2) is 0 Å². The van der Waals surface area contributed by atoms with E-state index in [1.165, 1.54) is 12.1 Å². The topological polar surface area (TPSA) is 12.4 Å². The van der Waals surface area contributed by atoms with Crippen LogP contribution in [0, 0.1) is 5.82 Å². The van der Waals surface area contributed by atoms with Gasteiger partial charge in [0.1, 0.15) is 11.0 Å². The molecule has 0 heterocycles. The second kappa shape index (κ2) is 5.30. The SMILES string of the molecule is Fc1ccc(N=C(Cl)c2cccc(Cl)c2)cc1. The summed E-state index contributed by atoms with van der Waals surface area (Å²) in [4.78, 5) is 4.17. The molecule has 86 valence electrons. The highest BCUT2D eigenvalue weighted by atomic mass is 35.5. The Morgan fingerprint density at radius 2 is 1.76 bits per heavy atom. The van der Waals surface area contributed by atoms with E-state index in [2.05, 4.69) is 4.99 Å². The molecular formula is C13H8Cl2FN. The molecule has 0 saturated heterocycles. The van der Waals surface area contributed by atoms with Gasteiger partial charge in [-0.15, -0.1) is 0 Å². The highest BCUT2D eigenvalue weighted by Crippen LogP contribution is 2.18. The lowest BCUT2D eigenvalue weighted by atomic mass is 10.2. The molecule has 2 aromatic rings. The average Bonchev–Trinajstić information content (AvgIpc) is 2.32. The zero-order valence-electron chi connectivity index (χ0n) is 8.70. The molecule has 0 atom stereocenters. The lowest BCUT2D eigenvalue weighted by Gasteiger charge is -2.00. The fourth-order valence-electron chi connectivity index (χ4n) is 1.31. The maximum atomic E-state index is 12.7. The summed E-state index contributed by atoms with van der Waals surface area (Å²) in [5, 5.41) is 0.911. The van der Waals surface area contributed by atoms with E-state index < -0.39 is 0 Å². The Bertz CT molecular complexity index is 550. The van der Waals surface area contributed by atoms with Gasteiger partial charge in [-0.2, -0.15) is 0 Å². The van der Waals surface area contributed by atoms with Crippen molar-refractivity contribution >= 4 is 34.1 Å². The monoisotopic (exact) mass is 267 g/mol. The predicted octanol–water partition coefficient (Wildman–Crippen LogP) is 4.80. The summed E-state index contributed by atoms with van der Waals surface area (Å²) in [6.07, 6.45) is 0. The molecule has 0 unspecified atom stereocenters. The van der Waals surface area contributed by atoms with E-state index in [0.29, 0.717) is 15.9 Å². The molecule has 0 aliphatic rings. The first kappa shape index (κ1) is 12.1. The third-order valence-electron chi connectivity index (χ3n) is 2.12. The summed E-state index contributed by atoms with van der Waals surface area (Å²) in [5.74, 6) is -0.303. The second-order valence-electron chi connectivity index (χ2n) is 3.39. The van der Waals surface area contributed by atoms with E-state index in [-0.39, 0.29) is 5.82 Å². The molecule has 0 radical (unpaired) electrons. The van der Waals surface area contributed by atoms with Gasteiger partial charge in [0, 0.05) is 10.6 Å². The molecule has 0 N–H and O–H groups in total. The number of aliphatic imine (C=N–C) groups is 1. The van der Waals surface area contributed by atoms with E-state index in [9.17, 15) is 4.39 Å². The Kier molecular flexibility index (Phi) is 3.77. The lowest BCUT2D eigenvalue weighted by Crippen LogP contribution is -1.89. The van der Waals surface area contributed by atoms with E-state index in [1.54, 1.807) is 36.4 Å². The van der Waals surface area contributed by atoms with Crippen LogP contribution in [0.15, 0.2) is 53.5 Å². The summed E-state index contributed by atoms with van der Waals surface area (Å²) >= 11 is 11.9. The highest BCUT2D eigenvalue weighted by molar-refractivity contribution is 6.69. The van der Waals surface area contributed by atoms with Crippen LogP contribution in [0.2, 0.25) is 5.02 Å². The molecule has 0 spiro atoms. The van der Waals surface area contributed by atoms with Gasteiger partial charge in [-0.05, 0) is 36.4 Å². The van der Waals surface area contributed by atoms with E-state index in [4.69, 9.17) is 23.2 Å². The van der Waals surface area contributed by atoms with Gasteiger partial charge in [-0.1, -0.05) is 35.3 Å². The van der Waals surface area contributed by atoms with Gasteiger partial charge in [-0.3, -0.25) is 0 Å². The van der Waals surface area contributed by atoms with Crippen LogP contribution in [0.5, 0.6) is 0 Å². The quantitative estimate of drug-likeness (QED) is 0.694. The second-order valence-corrected chi connectivity index (χ2v) is 4.18. The van der Waals surface area contributed by atoms with Crippen molar-refractivity contribution in [3.05, 3.63) is 64.9 Å². The van der Waals surface area contributed by atoms with Gasteiger partial charge < -0.3 is 0 Å². The number of rotatable bonds is 2. The Hall–Kier alpha value is -1.38. The third-order valence-corrected chi connectivity index (χ3v) is 2.65. The van der Waals surface area contributed by atoms with Gasteiger partial charge in [-0.25, -0.2) is 9.38 Å². The van der Waals surface area contributed by atoms with E-state index in [0.717, 1.165) is 5.56 Å². The molecule has 4 heteroatoms. The van der Waals surface area contributed by atoms with Crippen molar-refractivity contribution in [1.29, 1.82) is 0 Å². The molecule has 0 amide bonds. The largest absolute Gasteiger partial charge is 0.236 e. The van der Waals surface area contributed by atoms with Crippen LogP contribution < -0.4 is 0 Å². The number of nitrogens with zero attached hydrogens (tertiary/aromatic N) is 1. The minimum Gasteiger partial charge on any atom is -0.236 e. The molecule has 0 aliphatic carbocycles. The fraction of sp³-hybridized carbons (Fsp3) is 0. The van der Waals surface area contributed by atoms with Crippen LogP contribution in [-0.2, 0) is 0 Å². The van der Waals surface area contributed by atoms with Crippen molar-refractivity contribution in [1.82, 2.24) is 0 Å². The van der Waals surface area contributed by atoms with E-state index in [1.807, 2.05) is 0 Å². The molecule has 0 fully saturated rings.